The Morgan fingerprint density at radius 1 is 1.25 bits per heavy atom. The number of phenols is 2. The average molecular weight is 168 g/mol. The van der Waals surface area contributed by atoms with E-state index >= 15 is 0 Å². The third-order valence-corrected chi connectivity index (χ3v) is 1.83. The van der Waals surface area contributed by atoms with Gasteiger partial charge < -0.3 is 15.3 Å². The Kier molecular flexibility index (Phi) is 2.55. The lowest BCUT2D eigenvalue weighted by Gasteiger charge is -2.11. The van der Waals surface area contributed by atoms with Gasteiger partial charge in [-0.1, -0.05) is 13.0 Å². The predicted molar refractivity (Wildman–Crippen MR) is 45.3 cm³/mol. The summed E-state index contributed by atoms with van der Waals surface area (Å²) < 4.78 is 0. The second-order valence-electron chi connectivity index (χ2n) is 2.79. The van der Waals surface area contributed by atoms with Crippen molar-refractivity contribution < 1.29 is 15.3 Å². The van der Waals surface area contributed by atoms with Crippen molar-refractivity contribution in [3.63, 3.8) is 0 Å². The van der Waals surface area contributed by atoms with Gasteiger partial charge in [-0.05, 0) is 12.1 Å². The molecule has 0 bridgehead atoms. The van der Waals surface area contributed by atoms with Crippen LogP contribution in [0.5, 0.6) is 11.5 Å². The van der Waals surface area contributed by atoms with Crippen LogP contribution < -0.4 is 0 Å². The zero-order chi connectivity index (χ0) is 9.14. The highest BCUT2D eigenvalue weighted by molar-refractivity contribution is 5.45. The second kappa shape index (κ2) is 3.45. The lowest BCUT2D eigenvalue weighted by molar-refractivity contribution is 0.267. The molecule has 0 saturated carbocycles. The van der Waals surface area contributed by atoms with Crippen LogP contribution >= 0.6 is 0 Å². The maximum atomic E-state index is 9.32. The predicted octanol–water partition coefficient (Wildman–Crippen LogP) is 1.19. The summed E-state index contributed by atoms with van der Waals surface area (Å²) in [5.74, 6) is -0.195. The molecule has 0 radical (unpaired) electrons. The number of aliphatic hydroxyl groups excluding tert-OH is 1. The number of hydrogen-bond acceptors (Lipinski definition) is 3. The molecule has 1 aromatic carbocycles. The lowest BCUT2D eigenvalue weighted by atomic mass is 10.00. The third kappa shape index (κ3) is 1.51. The Morgan fingerprint density at radius 2 is 1.75 bits per heavy atom. The van der Waals surface area contributed by atoms with Crippen molar-refractivity contribution in [2.24, 2.45) is 0 Å². The SMILES string of the molecule is CC(CO)c1c(O)cccc1O. The van der Waals surface area contributed by atoms with E-state index in [1.165, 1.54) is 12.1 Å². The van der Waals surface area contributed by atoms with Crippen LogP contribution in [0.25, 0.3) is 0 Å². The molecular weight excluding hydrogens is 156 g/mol. The number of benzene rings is 1. The van der Waals surface area contributed by atoms with Crippen LogP contribution in [-0.2, 0) is 0 Å². The van der Waals surface area contributed by atoms with Gasteiger partial charge >= 0.3 is 0 Å². The maximum Gasteiger partial charge on any atom is 0.122 e. The molecule has 0 aliphatic heterocycles. The Bertz CT molecular complexity index is 250. The smallest absolute Gasteiger partial charge is 0.122 e. The van der Waals surface area contributed by atoms with Gasteiger partial charge in [-0.25, -0.2) is 0 Å². The largest absolute Gasteiger partial charge is 0.508 e. The zero-order valence-corrected chi connectivity index (χ0v) is 6.86. The first kappa shape index (κ1) is 8.87. The number of aromatic hydroxyl groups is 2. The van der Waals surface area contributed by atoms with Crippen LogP contribution in [0, 0.1) is 0 Å². The summed E-state index contributed by atoms with van der Waals surface area (Å²) in [6.45, 7) is 1.64. The van der Waals surface area contributed by atoms with E-state index in [1.54, 1.807) is 13.0 Å². The summed E-state index contributed by atoms with van der Waals surface area (Å²) in [5.41, 5.74) is 0.403. The third-order valence-electron chi connectivity index (χ3n) is 1.83. The average Bonchev–Trinajstić information content (AvgIpc) is 2.03. The molecule has 66 valence electrons. The molecule has 12 heavy (non-hydrogen) atoms. The minimum Gasteiger partial charge on any atom is -0.508 e. The maximum absolute atomic E-state index is 9.32. The van der Waals surface area contributed by atoms with E-state index in [-0.39, 0.29) is 24.0 Å². The van der Waals surface area contributed by atoms with Gasteiger partial charge in [-0.2, -0.15) is 0 Å². The molecule has 1 atom stereocenters. The second-order valence-corrected chi connectivity index (χ2v) is 2.79. The van der Waals surface area contributed by atoms with Gasteiger partial charge in [0.25, 0.3) is 0 Å². The summed E-state index contributed by atoms with van der Waals surface area (Å²) in [6.07, 6.45) is 0. The van der Waals surface area contributed by atoms with Gasteiger partial charge in [-0.15, -0.1) is 0 Å². The van der Waals surface area contributed by atoms with E-state index in [2.05, 4.69) is 0 Å². The van der Waals surface area contributed by atoms with Crippen molar-refractivity contribution in [2.45, 2.75) is 12.8 Å². The molecule has 0 aromatic heterocycles. The van der Waals surface area contributed by atoms with Crippen molar-refractivity contribution in [3.05, 3.63) is 23.8 Å². The fraction of sp³-hybridized carbons (Fsp3) is 0.333. The fourth-order valence-corrected chi connectivity index (χ4v) is 1.14. The topological polar surface area (TPSA) is 60.7 Å². The van der Waals surface area contributed by atoms with Crippen LogP contribution in [0.4, 0.5) is 0 Å². The zero-order valence-electron chi connectivity index (χ0n) is 6.86. The van der Waals surface area contributed by atoms with Gasteiger partial charge in [0.2, 0.25) is 0 Å². The molecule has 0 saturated heterocycles. The summed E-state index contributed by atoms with van der Waals surface area (Å²) in [4.78, 5) is 0. The molecule has 0 aliphatic carbocycles. The van der Waals surface area contributed by atoms with Crippen LogP contribution in [0.2, 0.25) is 0 Å². The molecular formula is C9H12O3. The van der Waals surface area contributed by atoms with E-state index in [9.17, 15) is 10.2 Å². The molecule has 0 amide bonds. The van der Waals surface area contributed by atoms with Gasteiger partial charge in [0, 0.05) is 18.1 Å². The highest BCUT2D eigenvalue weighted by Gasteiger charge is 2.13. The summed E-state index contributed by atoms with van der Waals surface area (Å²) in [5, 5.41) is 27.5. The van der Waals surface area contributed by atoms with E-state index in [0.717, 1.165) is 0 Å². The van der Waals surface area contributed by atoms with Gasteiger partial charge in [-0.3, -0.25) is 0 Å². The van der Waals surface area contributed by atoms with Crippen molar-refractivity contribution in [1.82, 2.24) is 0 Å². The molecule has 3 nitrogen and oxygen atoms in total. The van der Waals surface area contributed by atoms with Crippen LogP contribution in [0.3, 0.4) is 0 Å². The molecule has 1 rings (SSSR count). The molecule has 3 N–H and O–H groups in total. The van der Waals surface area contributed by atoms with E-state index in [1.807, 2.05) is 0 Å². The van der Waals surface area contributed by atoms with E-state index in [4.69, 9.17) is 5.11 Å². The first-order valence-corrected chi connectivity index (χ1v) is 3.78. The van der Waals surface area contributed by atoms with Crippen molar-refractivity contribution in [3.8, 4) is 11.5 Å². The quantitative estimate of drug-likeness (QED) is 0.621. The van der Waals surface area contributed by atoms with E-state index in [0.29, 0.717) is 5.56 Å². The van der Waals surface area contributed by atoms with Crippen molar-refractivity contribution in [1.29, 1.82) is 0 Å². The van der Waals surface area contributed by atoms with Crippen LogP contribution in [-0.4, -0.2) is 21.9 Å². The van der Waals surface area contributed by atoms with Crippen LogP contribution in [0.1, 0.15) is 18.4 Å². The summed E-state index contributed by atoms with van der Waals surface area (Å²) >= 11 is 0. The van der Waals surface area contributed by atoms with Gasteiger partial charge in [0.1, 0.15) is 11.5 Å². The molecule has 0 fully saturated rings. The Balaban J connectivity index is 3.12. The Labute approximate surface area is 70.9 Å². The summed E-state index contributed by atoms with van der Waals surface area (Å²) in [6, 6.07) is 4.53. The first-order chi connectivity index (χ1) is 5.66. The van der Waals surface area contributed by atoms with E-state index < -0.39 is 0 Å². The van der Waals surface area contributed by atoms with Gasteiger partial charge in [0.05, 0.1) is 0 Å². The number of hydrogen-bond donors (Lipinski definition) is 3. The molecule has 0 aliphatic rings. The standard InChI is InChI=1S/C9H12O3/c1-6(5-10)9-7(11)3-2-4-8(9)12/h2-4,6,10-12H,5H2,1H3. The molecule has 1 aromatic rings. The molecule has 3 heteroatoms. The van der Waals surface area contributed by atoms with Gasteiger partial charge in [0.15, 0.2) is 0 Å². The molecule has 0 spiro atoms. The fourth-order valence-electron chi connectivity index (χ4n) is 1.14. The number of rotatable bonds is 2. The Morgan fingerprint density at radius 3 is 2.17 bits per heavy atom. The monoisotopic (exact) mass is 168 g/mol. The number of aliphatic hydroxyl groups is 1. The normalized spacial score (nSPS) is 12.8. The lowest BCUT2D eigenvalue weighted by Crippen LogP contribution is -1.99. The van der Waals surface area contributed by atoms with Crippen molar-refractivity contribution in [2.75, 3.05) is 6.61 Å². The minimum absolute atomic E-state index is 0.0246. The Hall–Kier alpha value is -1.22. The van der Waals surface area contributed by atoms with Crippen LogP contribution in [0.15, 0.2) is 18.2 Å². The summed E-state index contributed by atoms with van der Waals surface area (Å²) in [7, 11) is 0. The number of phenolic OH excluding ortho intramolecular Hbond substituents is 2. The molecule has 0 heterocycles. The first-order valence-electron chi connectivity index (χ1n) is 3.78. The molecule has 1 unspecified atom stereocenters. The highest BCUT2D eigenvalue weighted by Crippen LogP contribution is 2.32. The highest BCUT2D eigenvalue weighted by atomic mass is 16.3. The van der Waals surface area contributed by atoms with Crippen molar-refractivity contribution >= 4 is 0 Å². The minimum atomic E-state index is -0.244.